The number of hydrogen-bond acceptors (Lipinski definition) is 3. The number of anilines is 1. The highest BCUT2D eigenvalue weighted by Crippen LogP contribution is 2.36. The predicted octanol–water partition coefficient (Wildman–Crippen LogP) is 2.99. The Hall–Kier alpha value is -0.830. The maximum absolute atomic E-state index is 5.19. The van der Waals surface area contributed by atoms with Crippen LogP contribution in [0.25, 0.3) is 0 Å². The number of hydrogen-bond donors (Lipinski definition) is 1. The Morgan fingerprint density at radius 3 is 3.14 bits per heavy atom. The molecule has 14 heavy (non-hydrogen) atoms. The van der Waals surface area contributed by atoms with Crippen LogP contribution in [0.2, 0.25) is 0 Å². The molecule has 1 unspecified atom stereocenters. The van der Waals surface area contributed by atoms with Crippen LogP contribution >= 0.6 is 11.8 Å². The zero-order valence-corrected chi connectivity index (χ0v) is 9.36. The highest BCUT2D eigenvalue weighted by atomic mass is 32.2. The fourth-order valence-electron chi connectivity index (χ4n) is 1.54. The maximum atomic E-state index is 5.19. The molecule has 0 bridgehead atoms. The molecule has 0 saturated heterocycles. The van der Waals surface area contributed by atoms with Gasteiger partial charge in [0.2, 0.25) is 0 Å². The van der Waals surface area contributed by atoms with Gasteiger partial charge in [-0.1, -0.05) is 6.92 Å². The van der Waals surface area contributed by atoms with Gasteiger partial charge in [0, 0.05) is 22.4 Å². The van der Waals surface area contributed by atoms with Gasteiger partial charge in [-0.25, -0.2) is 0 Å². The molecule has 0 aliphatic carbocycles. The lowest BCUT2D eigenvalue weighted by atomic mass is 10.2. The van der Waals surface area contributed by atoms with E-state index in [1.165, 1.54) is 17.0 Å². The second-order valence-electron chi connectivity index (χ2n) is 3.42. The molecule has 1 N–H and O–H groups in total. The van der Waals surface area contributed by atoms with Crippen LogP contribution in [0.4, 0.5) is 5.69 Å². The van der Waals surface area contributed by atoms with Crippen LogP contribution in [-0.4, -0.2) is 18.9 Å². The van der Waals surface area contributed by atoms with E-state index in [-0.39, 0.29) is 0 Å². The zero-order valence-electron chi connectivity index (χ0n) is 8.54. The van der Waals surface area contributed by atoms with Crippen molar-refractivity contribution in [3.8, 4) is 5.75 Å². The molecule has 76 valence electrons. The Morgan fingerprint density at radius 2 is 2.43 bits per heavy atom. The largest absolute Gasteiger partial charge is 0.497 e. The van der Waals surface area contributed by atoms with Crippen molar-refractivity contribution in [2.75, 3.05) is 18.2 Å². The van der Waals surface area contributed by atoms with E-state index < -0.39 is 0 Å². The molecule has 1 aromatic carbocycles. The van der Waals surface area contributed by atoms with Gasteiger partial charge in [0.05, 0.1) is 7.11 Å². The van der Waals surface area contributed by atoms with E-state index in [1.807, 2.05) is 17.8 Å². The summed E-state index contributed by atoms with van der Waals surface area (Å²) >= 11 is 1.91. The molecular weight excluding hydrogens is 194 g/mol. The number of rotatable bonds is 2. The Bertz CT molecular complexity index is 327. The molecule has 0 radical (unpaired) electrons. The second kappa shape index (κ2) is 4.13. The summed E-state index contributed by atoms with van der Waals surface area (Å²) in [5.74, 6) is 2.09. The van der Waals surface area contributed by atoms with Gasteiger partial charge in [0.1, 0.15) is 5.75 Å². The van der Waals surface area contributed by atoms with Crippen LogP contribution in [0.3, 0.4) is 0 Å². The molecule has 2 nitrogen and oxygen atoms in total. The first kappa shape index (κ1) is 9.71. The summed E-state index contributed by atoms with van der Waals surface area (Å²) < 4.78 is 5.19. The minimum atomic E-state index is 0.612. The molecule has 1 heterocycles. The van der Waals surface area contributed by atoms with Crippen molar-refractivity contribution in [3.63, 3.8) is 0 Å². The van der Waals surface area contributed by atoms with Crippen molar-refractivity contribution in [1.82, 2.24) is 0 Å². The van der Waals surface area contributed by atoms with E-state index in [4.69, 9.17) is 4.74 Å². The summed E-state index contributed by atoms with van der Waals surface area (Å²) in [5.41, 5.74) is 1.24. The van der Waals surface area contributed by atoms with Gasteiger partial charge in [-0.2, -0.15) is 0 Å². The van der Waals surface area contributed by atoms with Crippen LogP contribution in [0, 0.1) is 0 Å². The van der Waals surface area contributed by atoms with E-state index in [9.17, 15) is 0 Å². The number of thioether (sulfide) groups is 1. The van der Waals surface area contributed by atoms with E-state index in [0.29, 0.717) is 6.04 Å². The number of nitrogens with one attached hydrogen (secondary N) is 1. The lowest BCUT2D eigenvalue weighted by Gasteiger charge is -2.25. The Labute approximate surface area is 89.0 Å². The first-order valence-electron chi connectivity index (χ1n) is 4.91. The first-order chi connectivity index (χ1) is 6.83. The highest BCUT2D eigenvalue weighted by Gasteiger charge is 2.16. The lowest BCUT2D eigenvalue weighted by Crippen LogP contribution is -2.24. The van der Waals surface area contributed by atoms with Crippen LogP contribution < -0.4 is 10.1 Å². The van der Waals surface area contributed by atoms with Gasteiger partial charge >= 0.3 is 0 Å². The molecule has 0 fully saturated rings. The van der Waals surface area contributed by atoms with Gasteiger partial charge in [-0.15, -0.1) is 11.8 Å². The number of methoxy groups -OCH3 is 1. The van der Waals surface area contributed by atoms with Gasteiger partial charge in [0.25, 0.3) is 0 Å². The van der Waals surface area contributed by atoms with Gasteiger partial charge in [-0.05, 0) is 24.6 Å². The number of ether oxygens (including phenoxy) is 1. The van der Waals surface area contributed by atoms with E-state index in [1.54, 1.807) is 7.11 Å². The fraction of sp³-hybridized carbons (Fsp3) is 0.455. The third-order valence-electron chi connectivity index (χ3n) is 2.48. The molecule has 0 spiro atoms. The quantitative estimate of drug-likeness (QED) is 0.809. The predicted molar refractivity (Wildman–Crippen MR) is 61.4 cm³/mol. The summed E-state index contributed by atoms with van der Waals surface area (Å²) in [6, 6.07) is 6.81. The third kappa shape index (κ3) is 1.82. The van der Waals surface area contributed by atoms with Crippen LogP contribution in [0.5, 0.6) is 5.75 Å². The SMILES string of the molecule is CCC1CSc2cc(OC)ccc2N1. The van der Waals surface area contributed by atoms with Gasteiger partial charge in [-0.3, -0.25) is 0 Å². The van der Waals surface area contributed by atoms with E-state index in [0.717, 1.165) is 11.5 Å². The van der Waals surface area contributed by atoms with Crippen molar-refractivity contribution in [2.24, 2.45) is 0 Å². The minimum absolute atomic E-state index is 0.612. The summed E-state index contributed by atoms with van der Waals surface area (Å²) in [6.07, 6.45) is 1.18. The third-order valence-corrected chi connectivity index (χ3v) is 3.70. The van der Waals surface area contributed by atoms with Crippen molar-refractivity contribution in [3.05, 3.63) is 18.2 Å². The molecule has 1 aliphatic rings. The fourth-order valence-corrected chi connectivity index (χ4v) is 2.72. The molecule has 1 aromatic rings. The molecular formula is C11H15NOS. The maximum Gasteiger partial charge on any atom is 0.120 e. The molecule has 2 rings (SSSR count). The van der Waals surface area contributed by atoms with E-state index in [2.05, 4.69) is 24.4 Å². The monoisotopic (exact) mass is 209 g/mol. The van der Waals surface area contributed by atoms with Crippen molar-refractivity contribution in [2.45, 2.75) is 24.3 Å². The average molecular weight is 209 g/mol. The van der Waals surface area contributed by atoms with E-state index >= 15 is 0 Å². The van der Waals surface area contributed by atoms with Crippen molar-refractivity contribution in [1.29, 1.82) is 0 Å². The molecule has 1 aliphatic heterocycles. The van der Waals surface area contributed by atoms with Gasteiger partial charge in [0.15, 0.2) is 0 Å². The molecule has 0 saturated carbocycles. The highest BCUT2D eigenvalue weighted by molar-refractivity contribution is 7.99. The zero-order chi connectivity index (χ0) is 9.97. The Balaban J connectivity index is 2.23. The topological polar surface area (TPSA) is 21.3 Å². The molecule has 1 atom stereocenters. The molecule has 0 amide bonds. The minimum Gasteiger partial charge on any atom is -0.497 e. The molecule has 0 aromatic heterocycles. The second-order valence-corrected chi connectivity index (χ2v) is 4.48. The normalized spacial score (nSPS) is 19.7. The average Bonchev–Trinajstić information content (AvgIpc) is 2.27. The van der Waals surface area contributed by atoms with Crippen LogP contribution in [0.15, 0.2) is 23.1 Å². The Morgan fingerprint density at radius 1 is 1.57 bits per heavy atom. The van der Waals surface area contributed by atoms with Crippen LogP contribution in [0.1, 0.15) is 13.3 Å². The summed E-state index contributed by atoms with van der Waals surface area (Å²) in [7, 11) is 1.71. The number of benzene rings is 1. The molecule has 3 heteroatoms. The Kier molecular flexibility index (Phi) is 2.87. The van der Waals surface area contributed by atoms with Crippen molar-refractivity contribution >= 4 is 17.4 Å². The summed E-state index contributed by atoms with van der Waals surface area (Å²) in [4.78, 5) is 1.30. The number of fused-ring (bicyclic) bond motifs is 1. The van der Waals surface area contributed by atoms with Crippen LogP contribution in [-0.2, 0) is 0 Å². The summed E-state index contributed by atoms with van der Waals surface area (Å²) in [5, 5.41) is 3.52. The van der Waals surface area contributed by atoms with Gasteiger partial charge < -0.3 is 10.1 Å². The first-order valence-corrected chi connectivity index (χ1v) is 5.89. The summed E-state index contributed by atoms with van der Waals surface area (Å²) in [6.45, 7) is 2.22. The smallest absolute Gasteiger partial charge is 0.120 e. The lowest BCUT2D eigenvalue weighted by molar-refractivity contribution is 0.413. The van der Waals surface area contributed by atoms with Crippen molar-refractivity contribution < 1.29 is 4.74 Å². The standard InChI is InChI=1S/C11H15NOS/c1-3-8-7-14-11-6-9(13-2)4-5-10(11)12-8/h4-6,8,12H,3,7H2,1-2H3.